The molecule has 4 aromatic rings. The van der Waals surface area contributed by atoms with E-state index in [1.807, 2.05) is 20.8 Å². The van der Waals surface area contributed by atoms with Crippen molar-refractivity contribution in [3.05, 3.63) is 72.6 Å². The van der Waals surface area contributed by atoms with E-state index in [1.54, 1.807) is 12.1 Å². The maximum Gasteiger partial charge on any atom is 0.387 e. The Hall–Kier alpha value is -4.43. The molecule has 0 aliphatic heterocycles. The summed E-state index contributed by atoms with van der Waals surface area (Å²) in [6, 6.07) is 13.3. The number of halogens is 2. The maximum atomic E-state index is 13.6. The minimum absolute atomic E-state index is 0.113. The largest absolute Gasteiger partial charge is 0.490 e. The van der Waals surface area contributed by atoms with Gasteiger partial charge in [0.15, 0.2) is 29.7 Å². The van der Waals surface area contributed by atoms with Crippen LogP contribution >= 0.6 is 0 Å². The second-order valence-electron chi connectivity index (χ2n) is 9.79. The van der Waals surface area contributed by atoms with E-state index in [1.165, 1.54) is 54.9 Å². The van der Waals surface area contributed by atoms with Gasteiger partial charge in [-0.05, 0) is 48.2 Å². The van der Waals surface area contributed by atoms with Gasteiger partial charge in [-0.2, -0.15) is 13.8 Å². The van der Waals surface area contributed by atoms with Gasteiger partial charge in [-0.15, -0.1) is 0 Å². The van der Waals surface area contributed by atoms with Gasteiger partial charge in [-0.1, -0.05) is 45.0 Å². The molecule has 0 saturated heterocycles. The third kappa shape index (κ3) is 7.64. The number of rotatable bonds is 11. The van der Waals surface area contributed by atoms with E-state index in [0.29, 0.717) is 0 Å². The van der Waals surface area contributed by atoms with E-state index in [0.717, 1.165) is 12.5 Å². The molecule has 42 heavy (non-hydrogen) atoms. The molecule has 2 N–H and O–H groups in total. The first kappa shape index (κ1) is 27.7. The molecule has 222 valence electrons. The number of alkyl halides is 2. The Morgan fingerprint density at radius 2 is 1.57 bits per heavy atom. The fourth-order valence-corrected chi connectivity index (χ4v) is 4.52. The van der Waals surface area contributed by atoms with E-state index in [-0.39, 0.29) is 33.5 Å². The van der Waals surface area contributed by atoms with Crippen LogP contribution in [0.25, 0.3) is 11.6 Å². The van der Waals surface area contributed by atoms with Crippen LogP contribution < -0.4 is 18.9 Å². The maximum absolute atomic E-state index is 13.6. The van der Waals surface area contributed by atoms with Gasteiger partial charge in [0.2, 0.25) is 11.6 Å². The predicted molar refractivity (Wildman–Crippen MR) is 149 cm³/mol. The van der Waals surface area contributed by atoms with Crippen molar-refractivity contribution >= 4 is 15.8 Å². The lowest BCUT2D eigenvalue weighted by Crippen LogP contribution is -2.25. The zero-order chi connectivity index (χ0) is 32.3. The molecule has 2 aromatic carbocycles. The summed E-state index contributed by atoms with van der Waals surface area (Å²) in [7, 11) is -4.39. The van der Waals surface area contributed by atoms with E-state index < -0.39 is 46.7 Å². The molecule has 0 fully saturated rings. The first-order chi connectivity index (χ1) is 20.4. The molecule has 2 aromatic heterocycles. The van der Waals surface area contributed by atoms with Crippen molar-refractivity contribution in [1.82, 2.24) is 19.9 Å². The smallest absolute Gasteiger partial charge is 0.387 e. The van der Waals surface area contributed by atoms with Crippen LogP contribution in [-0.2, 0) is 15.4 Å². The van der Waals surface area contributed by atoms with Crippen molar-refractivity contribution in [3.8, 4) is 34.8 Å². The van der Waals surface area contributed by atoms with Gasteiger partial charge < -0.3 is 19.3 Å². The van der Waals surface area contributed by atoms with E-state index in [4.69, 9.17) is 22.1 Å². The molecule has 14 heteroatoms. The Kier molecular flexibility index (Phi) is 8.06. The molecular formula is C28H29F2N5O6S. The quantitative estimate of drug-likeness (QED) is 0.235. The molecule has 2 heterocycles. The Bertz CT molecular complexity index is 1710. The standard InChI is InChI=1S/C28H29F2N5O6S/c1-5-39-20-9-6-7-10-21(20)41-22-23(35-42(37,38)19-13-11-18(12-14-19)27(2,3)4)33-25(24-31-15-8-16-32-24)34-26(22)40-17-28(29,30)36/h6-16,36H,5,17H2,1-4H3,(H,33,34,35)/i5D2. The van der Waals surface area contributed by atoms with Crippen LogP contribution in [0.3, 0.4) is 0 Å². The highest BCUT2D eigenvalue weighted by molar-refractivity contribution is 7.92. The second-order valence-corrected chi connectivity index (χ2v) is 11.5. The van der Waals surface area contributed by atoms with Gasteiger partial charge >= 0.3 is 6.11 Å². The van der Waals surface area contributed by atoms with Gasteiger partial charge in [-0.3, -0.25) is 4.72 Å². The van der Waals surface area contributed by atoms with Crippen LogP contribution in [0, 0.1) is 0 Å². The number of aromatic nitrogens is 4. The zero-order valence-electron chi connectivity index (χ0n) is 25.0. The summed E-state index contributed by atoms with van der Waals surface area (Å²) in [5.41, 5.74) is 0.623. The number of nitrogens with zero attached hydrogens (tertiary/aromatic N) is 4. The number of hydrogen-bond donors (Lipinski definition) is 2. The molecule has 0 aliphatic carbocycles. The Balaban J connectivity index is 1.89. The highest BCUT2D eigenvalue weighted by Gasteiger charge is 2.30. The van der Waals surface area contributed by atoms with Crippen molar-refractivity contribution in [2.24, 2.45) is 0 Å². The molecule has 4 rings (SSSR count). The highest BCUT2D eigenvalue weighted by Crippen LogP contribution is 2.42. The number of para-hydroxylation sites is 2. The third-order valence-corrected chi connectivity index (χ3v) is 6.87. The van der Waals surface area contributed by atoms with Crippen LogP contribution in [-0.4, -0.2) is 52.7 Å². The fraction of sp³-hybridized carbons (Fsp3) is 0.286. The number of anilines is 1. The molecular weight excluding hydrogens is 572 g/mol. The molecule has 0 amide bonds. The average molecular weight is 604 g/mol. The van der Waals surface area contributed by atoms with Crippen molar-refractivity contribution in [2.75, 3.05) is 17.9 Å². The second kappa shape index (κ2) is 12.2. The number of hydrogen-bond acceptors (Lipinski definition) is 10. The summed E-state index contributed by atoms with van der Waals surface area (Å²) in [4.78, 5) is 16.2. The van der Waals surface area contributed by atoms with Gasteiger partial charge in [-0.25, -0.2) is 23.4 Å². The number of ether oxygens (including phenoxy) is 3. The summed E-state index contributed by atoms with van der Waals surface area (Å²) >= 11 is 0. The summed E-state index contributed by atoms with van der Waals surface area (Å²) in [5, 5.41) is 9.06. The van der Waals surface area contributed by atoms with Crippen LogP contribution in [0.4, 0.5) is 14.6 Å². The molecule has 0 radical (unpaired) electrons. The van der Waals surface area contributed by atoms with Crippen LogP contribution in [0.2, 0.25) is 0 Å². The van der Waals surface area contributed by atoms with Crippen molar-refractivity contribution < 1.29 is 39.3 Å². The summed E-state index contributed by atoms with van der Waals surface area (Å²) < 4.78 is 88.3. The van der Waals surface area contributed by atoms with Crippen molar-refractivity contribution in [2.45, 2.75) is 44.1 Å². The van der Waals surface area contributed by atoms with Crippen LogP contribution in [0.15, 0.2) is 71.9 Å². The summed E-state index contributed by atoms with van der Waals surface area (Å²) in [6.07, 6.45) is -1.60. The molecule has 0 aliphatic rings. The first-order valence-corrected chi connectivity index (χ1v) is 13.9. The highest BCUT2D eigenvalue weighted by atomic mass is 32.2. The molecule has 0 bridgehead atoms. The minimum Gasteiger partial charge on any atom is -0.490 e. The summed E-state index contributed by atoms with van der Waals surface area (Å²) in [6.45, 7) is 3.29. The average Bonchev–Trinajstić information content (AvgIpc) is 2.92. The van der Waals surface area contributed by atoms with Crippen LogP contribution in [0.5, 0.6) is 23.1 Å². The van der Waals surface area contributed by atoms with Crippen LogP contribution in [0.1, 0.15) is 36.0 Å². The van der Waals surface area contributed by atoms with Crippen molar-refractivity contribution in [3.63, 3.8) is 0 Å². The minimum atomic E-state index is -4.39. The van der Waals surface area contributed by atoms with E-state index >= 15 is 0 Å². The molecule has 0 saturated carbocycles. The fourth-order valence-electron chi connectivity index (χ4n) is 3.52. The zero-order valence-corrected chi connectivity index (χ0v) is 23.8. The lowest BCUT2D eigenvalue weighted by molar-refractivity contribution is -0.217. The Morgan fingerprint density at radius 1 is 0.929 bits per heavy atom. The first-order valence-electron chi connectivity index (χ1n) is 13.4. The monoisotopic (exact) mass is 603 g/mol. The topological polar surface area (TPSA) is 146 Å². The number of nitrogens with one attached hydrogen (secondary N) is 1. The Morgan fingerprint density at radius 3 is 2.17 bits per heavy atom. The number of sulfonamides is 1. The molecule has 0 unspecified atom stereocenters. The van der Waals surface area contributed by atoms with Crippen molar-refractivity contribution in [1.29, 1.82) is 0 Å². The lowest BCUT2D eigenvalue weighted by atomic mass is 9.87. The van der Waals surface area contributed by atoms with Gasteiger partial charge in [0.25, 0.3) is 15.9 Å². The lowest BCUT2D eigenvalue weighted by Gasteiger charge is -2.20. The van der Waals surface area contributed by atoms with Gasteiger partial charge in [0, 0.05) is 12.4 Å². The molecule has 0 atom stereocenters. The number of aliphatic hydroxyl groups is 1. The molecule has 0 spiro atoms. The normalized spacial score (nSPS) is 13.1. The summed E-state index contributed by atoms with van der Waals surface area (Å²) in [5.74, 6) is -2.61. The number of benzene rings is 2. The van der Waals surface area contributed by atoms with E-state index in [9.17, 15) is 17.2 Å². The van der Waals surface area contributed by atoms with E-state index in [2.05, 4.69) is 24.7 Å². The van der Waals surface area contributed by atoms with Gasteiger partial charge in [0.05, 0.1) is 14.2 Å². The third-order valence-electron chi connectivity index (χ3n) is 5.52. The molecule has 11 nitrogen and oxygen atoms in total. The SMILES string of the molecule is [2H]C([2H])(C)Oc1ccccc1Oc1c(NS(=O)(=O)c2ccc(C(C)(C)C)cc2)nc(-c2ncccn2)nc1OCC(O)(F)F. The Labute approximate surface area is 244 Å². The van der Waals surface area contributed by atoms with Gasteiger partial charge in [0.1, 0.15) is 0 Å². The predicted octanol–water partition coefficient (Wildman–Crippen LogP) is 5.19.